The molecule has 23 heavy (non-hydrogen) atoms. The average Bonchev–Trinajstić information content (AvgIpc) is 3.06. The molecule has 0 saturated carbocycles. The molecule has 0 radical (unpaired) electrons. The number of sulfonamides is 1. The smallest absolute Gasteiger partial charge is 0.244 e. The van der Waals surface area contributed by atoms with Gasteiger partial charge in [0.1, 0.15) is 6.04 Å². The van der Waals surface area contributed by atoms with Crippen molar-refractivity contribution >= 4 is 15.9 Å². The summed E-state index contributed by atoms with van der Waals surface area (Å²) in [5, 5.41) is 0. The predicted octanol–water partition coefficient (Wildman–Crippen LogP) is 1.99. The van der Waals surface area contributed by atoms with Gasteiger partial charge in [0.25, 0.3) is 0 Å². The lowest BCUT2D eigenvalue weighted by molar-refractivity contribution is -0.121. The Morgan fingerprint density at radius 2 is 1.70 bits per heavy atom. The molecule has 2 aromatic rings. The van der Waals surface area contributed by atoms with Gasteiger partial charge < -0.3 is 5.73 Å². The van der Waals surface area contributed by atoms with Crippen LogP contribution in [0.4, 0.5) is 0 Å². The number of hydrogen-bond acceptors (Lipinski definition) is 3. The van der Waals surface area contributed by atoms with E-state index in [-0.39, 0.29) is 4.90 Å². The van der Waals surface area contributed by atoms with Crippen molar-refractivity contribution in [3.05, 3.63) is 54.6 Å². The van der Waals surface area contributed by atoms with Crippen molar-refractivity contribution < 1.29 is 13.2 Å². The summed E-state index contributed by atoms with van der Waals surface area (Å²) >= 11 is 0. The number of hydrogen-bond donors (Lipinski definition) is 1. The summed E-state index contributed by atoms with van der Waals surface area (Å²) < 4.78 is 27.4. The second-order valence-electron chi connectivity index (χ2n) is 5.54. The van der Waals surface area contributed by atoms with Gasteiger partial charge >= 0.3 is 0 Å². The van der Waals surface area contributed by atoms with Crippen LogP contribution >= 0.6 is 0 Å². The van der Waals surface area contributed by atoms with Gasteiger partial charge in [0.2, 0.25) is 15.9 Å². The molecule has 6 heteroatoms. The monoisotopic (exact) mass is 330 g/mol. The molecular formula is C17H18N2O3S. The van der Waals surface area contributed by atoms with E-state index in [4.69, 9.17) is 5.73 Å². The van der Waals surface area contributed by atoms with Crippen molar-refractivity contribution in [2.24, 2.45) is 5.73 Å². The van der Waals surface area contributed by atoms with Crippen molar-refractivity contribution in [1.82, 2.24) is 4.31 Å². The summed E-state index contributed by atoms with van der Waals surface area (Å²) in [4.78, 5) is 11.8. The number of nitrogens with two attached hydrogens (primary N) is 1. The van der Waals surface area contributed by atoms with Gasteiger partial charge in [0.15, 0.2) is 0 Å². The van der Waals surface area contributed by atoms with Gasteiger partial charge in [0, 0.05) is 12.1 Å². The molecule has 1 fully saturated rings. The third-order valence-electron chi connectivity index (χ3n) is 4.09. The van der Waals surface area contributed by atoms with E-state index in [0.717, 1.165) is 5.56 Å². The zero-order valence-electron chi connectivity index (χ0n) is 12.6. The number of carbonyl (C=O) groups excluding carboxylic acids is 1. The van der Waals surface area contributed by atoms with Crippen LogP contribution in [-0.2, 0) is 14.8 Å². The molecule has 1 amide bonds. The maximum Gasteiger partial charge on any atom is 0.244 e. The Kier molecular flexibility index (Phi) is 4.19. The fourth-order valence-electron chi connectivity index (χ4n) is 2.99. The molecule has 0 bridgehead atoms. The van der Waals surface area contributed by atoms with Crippen LogP contribution in [0.25, 0.3) is 11.1 Å². The second kappa shape index (κ2) is 6.14. The first-order valence-corrected chi connectivity index (χ1v) is 8.91. The van der Waals surface area contributed by atoms with E-state index < -0.39 is 22.0 Å². The number of nitrogens with zero attached hydrogens (tertiary/aromatic N) is 1. The SMILES string of the molecule is NC(=O)C1CCCN1S(=O)(=O)c1ccccc1-c1ccccc1. The minimum Gasteiger partial charge on any atom is -0.368 e. The Morgan fingerprint density at radius 3 is 2.39 bits per heavy atom. The lowest BCUT2D eigenvalue weighted by Crippen LogP contribution is -2.43. The van der Waals surface area contributed by atoms with Crippen LogP contribution in [0.3, 0.4) is 0 Å². The topological polar surface area (TPSA) is 80.5 Å². The first-order chi connectivity index (χ1) is 11.0. The Hall–Kier alpha value is -2.18. The quantitative estimate of drug-likeness (QED) is 0.931. The van der Waals surface area contributed by atoms with Crippen LogP contribution in [0, 0.1) is 0 Å². The van der Waals surface area contributed by atoms with Crippen LogP contribution in [0.5, 0.6) is 0 Å². The Morgan fingerprint density at radius 1 is 1.04 bits per heavy atom. The lowest BCUT2D eigenvalue weighted by atomic mass is 10.1. The number of primary amides is 1. The highest BCUT2D eigenvalue weighted by Gasteiger charge is 2.39. The zero-order chi connectivity index (χ0) is 16.4. The molecule has 1 aliphatic rings. The number of rotatable bonds is 4. The van der Waals surface area contributed by atoms with Crippen LogP contribution in [0.15, 0.2) is 59.5 Å². The van der Waals surface area contributed by atoms with E-state index in [2.05, 4.69) is 0 Å². The molecule has 0 spiro atoms. The van der Waals surface area contributed by atoms with Gasteiger partial charge in [0.05, 0.1) is 4.90 Å². The zero-order valence-corrected chi connectivity index (χ0v) is 13.4. The predicted molar refractivity (Wildman–Crippen MR) is 88.0 cm³/mol. The summed E-state index contributed by atoms with van der Waals surface area (Å²) in [5.74, 6) is -0.594. The van der Waals surface area contributed by atoms with Gasteiger partial charge in [-0.25, -0.2) is 8.42 Å². The van der Waals surface area contributed by atoms with E-state index in [9.17, 15) is 13.2 Å². The van der Waals surface area contributed by atoms with Gasteiger partial charge in [-0.3, -0.25) is 4.79 Å². The molecule has 2 aromatic carbocycles. The second-order valence-corrected chi connectivity index (χ2v) is 7.40. The standard InChI is InChI=1S/C17H18N2O3S/c18-17(20)15-10-6-12-19(15)23(21,22)16-11-5-4-9-14(16)13-7-2-1-3-8-13/h1-5,7-9,11,15H,6,10,12H2,(H2,18,20). The molecule has 1 heterocycles. The van der Waals surface area contributed by atoms with E-state index in [0.29, 0.717) is 24.9 Å². The Bertz CT molecular complexity index is 819. The molecule has 0 aromatic heterocycles. The van der Waals surface area contributed by atoms with Crippen LogP contribution in [0.2, 0.25) is 0 Å². The fraction of sp³-hybridized carbons (Fsp3) is 0.235. The van der Waals surface area contributed by atoms with E-state index in [1.165, 1.54) is 4.31 Å². The maximum atomic E-state index is 13.1. The Balaban J connectivity index is 2.10. The highest BCUT2D eigenvalue weighted by Crippen LogP contribution is 2.32. The maximum absolute atomic E-state index is 13.1. The molecule has 3 rings (SSSR count). The fourth-order valence-corrected chi connectivity index (χ4v) is 4.87. The third-order valence-corrected chi connectivity index (χ3v) is 6.06. The van der Waals surface area contributed by atoms with E-state index in [1.54, 1.807) is 24.3 Å². The van der Waals surface area contributed by atoms with Crippen molar-refractivity contribution in [3.8, 4) is 11.1 Å². The summed E-state index contributed by atoms with van der Waals surface area (Å²) in [5.41, 5.74) is 6.82. The molecule has 0 aliphatic carbocycles. The van der Waals surface area contributed by atoms with Gasteiger partial charge in [-0.05, 0) is 24.5 Å². The molecule has 1 unspecified atom stereocenters. The van der Waals surface area contributed by atoms with Crippen LogP contribution < -0.4 is 5.73 Å². The van der Waals surface area contributed by atoms with Crippen LogP contribution in [0.1, 0.15) is 12.8 Å². The molecule has 1 aliphatic heterocycles. The Labute approximate surface area is 135 Å². The highest BCUT2D eigenvalue weighted by molar-refractivity contribution is 7.89. The van der Waals surface area contributed by atoms with E-state index >= 15 is 0 Å². The normalized spacial score (nSPS) is 18.9. The van der Waals surface area contributed by atoms with Crippen molar-refractivity contribution in [3.63, 3.8) is 0 Å². The first kappa shape index (κ1) is 15.7. The molecule has 120 valence electrons. The largest absolute Gasteiger partial charge is 0.368 e. The first-order valence-electron chi connectivity index (χ1n) is 7.47. The van der Waals surface area contributed by atoms with Gasteiger partial charge in [-0.2, -0.15) is 4.31 Å². The van der Waals surface area contributed by atoms with Crippen molar-refractivity contribution in [2.75, 3.05) is 6.54 Å². The summed E-state index contributed by atoms with van der Waals surface area (Å²) in [6, 6.07) is 15.4. The van der Waals surface area contributed by atoms with Gasteiger partial charge in [-0.1, -0.05) is 48.5 Å². The van der Waals surface area contributed by atoms with Crippen molar-refractivity contribution in [2.45, 2.75) is 23.8 Å². The third kappa shape index (κ3) is 2.87. The van der Waals surface area contributed by atoms with E-state index in [1.807, 2.05) is 30.3 Å². The summed E-state index contributed by atoms with van der Waals surface area (Å²) in [7, 11) is -3.78. The molecule has 2 N–H and O–H groups in total. The molecule has 1 atom stereocenters. The minimum absolute atomic E-state index is 0.208. The minimum atomic E-state index is -3.78. The number of benzene rings is 2. The molecule has 1 saturated heterocycles. The van der Waals surface area contributed by atoms with Crippen molar-refractivity contribution in [1.29, 1.82) is 0 Å². The number of carbonyl (C=O) groups is 1. The molecule has 5 nitrogen and oxygen atoms in total. The highest BCUT2D eigenvalue weighted by atomic mass is 32.2. The lowest BCUT2D eigenvalue weighted by Gasteiger charge is -2.23. The van der Waals surface area contributed by atoms with Crippen LogP contribution in [-0.4, -0.2) is 31.2 Å². The summed E-state index contributed by atoms with van der Waals surface area (Å²) in [6.45, 7) is 0.319. The summed E-state index contributed by atoms with van der Waals surface area (Å²) in [6.07, 6.45) is 1.11. The van der Waals surface area contributed by atoms with Gasteiger partial charge in [-0.15, -0.1) is 0 Å². The number of amides is 1. The molecular weight excluding hydrogens is 312 g/mol. The average molecular weight is 330 g/mol.